The average Bonchev–Trinajstić information content (AvgIpc) is 2.94. The normalized spacial score (nSPS) is 16.3. The van der Waals surface area contributed by atoms with E-state index in [4.69, 9.17) is 0 Å². The molecule has 0 saturated heterocycles. The van der Waals surface area contributed by atoms with Gasteiger partial charge in [-0.05, 0) is 45.3 Å². The molecule has 0 atom stereocenters. The lowest BCUT2D eigenvalue weighted by Gasteiger charge is -2.19. The van der Waals surface area contributed by atoms with Crippen LogP contribution in [-0.2, 0) is 0 Å². The van der Waals surface area contributed by atoms with Crippen LogP contribution >= 0.6 is 0 Å². The highest BCUT2D eigenvalue weighted by Crippen LogP contribution is 2.08. The van der Waals surface area contributed by atoms with E-state index in [2.05, 4.69) is 46.5 Å². The van der Waals surface area contributed by atoms with Gasteiger partial charge in [-0.1, -0.05) is 26.0 Å². The Kier molecular flexibility index (Phi) is 8.30. The fraction of sp³-hybridized carbons (Fsp3) is 0.800. The minimum Gasteiger partial charge on any atom is -0.356 e. The van der Waals surface area contributed by atoms with Crippen LogP contribution in [0.5, 0.6) is 0 Å². The summed E-state index contributed by atoms with van der Waals surface area (Å²) in [5.41, 5.74) is 0. The summed E-state index contributed by atoms with van der Waals surface area (Å²) in [6.45, 7) is 8.96. The Hall–Kier alpha value is -1.03. The van der Waals surface area contributed by atoms with E-state index >= 15 is 0 Å². The molecule has 0 aliphatic heterocycles. The van der Waals surface area contributed by atoms with Gasteiger partial charge in [0.15, 0.2) is 5.96 Å². The van der Waals surface area contributed by atoms with Crippen LogP contribution in [0.3, 0.4) is 0 Å². The van der Waals surface area contributed by atoms with Crippen LogP contribution < -0.4 is 10.6 Å². The van der Waals surface area contributed by atoms with E-state index in [1.807, 2.05) is 7.05 Å². The van der Waals surface area contributed by atoms with E-state index in [1.54, 1.807) is 0 Å². The second-order valence-corrected chi connectivity index (χ2v) is 5.02. The molecular weight excluding hydrogens is 236 g/mol. The Labute approximate surface area is 118 Å². The first-order valence-corrected chi connectivity index (χ1v) is 7.64. The largest absolute Gasteiger partial charge is 0.356 e. The standard InChI is InChI=1S/C15H30N4/c1-4-19(5-2)13-9-8-12-17-15(16-3)18-14-10-6-7-11-14/h6-7,14H,4-5,8-13H2,1-3H3,(H2,16,17,18). The van der Waals surface area contributed by atoms with Gasteiger partial charge in [0.05, 0.1) is 0 Å². The SMILES string of the molecule is CCN(CC)CCCCNC(=NC)NC1CC=CC1. The molecule has 1 rings (SSSR count). The zero-order chi connectivity index (χ0) is 13.9. The number of nitrogens with one attached hydrogen (secondary N) is 2. The van der Waals surface area contributed by atoms with Gasteiger partial charge in [0.25, 0.3) is 0 Å². The third-order valence-corrected chi connectivity index (χ3v) is 3.66. The summed E-state index contributed by atoms with van der Waals surface area (Å²) in [5.74, 6) is 0.941. The van der Waals surface area contributed by atoms with Crippen LogP contribution in [0, 0.1) is 0 Å². The molecule has 110 valence electrons. The molecule has 0 saturated carbocycles. The molecule has 2 N–H and O–H groups in total. The maximum atomic E-state index is 4.27. The Morgan fingerprint density at radius 2 is 1.89 bits per heavy atom. The summed E-state index contributed by atoms with van der Waals surface area (Å²) in [5, 5.41) is 6.85. The topological polar surface area (TPSA) is 39.7 Å². The minimum atomic E-state index is 0.530. The van der Waals surface area contributed by atoms with Crippen molar-refractivity contribution in [3.63, 3.8) is 0 Å². The summed E-state index contributed by atoms with van der Waals surface area (Å²) in [6, 6.07) is 0.530. The summed E-state index contributed by atoms with van der Waals surface area (Å²) in [6.07, 6.45) is 9.13. The summed E-state index contributed by atoms with van der Waals surface area (Å²) in [4.78, 5) is 6.74. The average molecular weight is 266 g/mol. The molecule has 0 amide bonds. The van der Waals surface area contributed by atoms with E-state index in [-0.39, 0.29) is 0 Å². The highest BCUT2D eigenvalue weighted by Gasteiger charge is 2.11. The van der Waals surface area contributed by atoms with Crippen molar-refractivity contribution >= 4 is 5.96 Å². The quantitative estimate of drug-likeness (QED) is 0.305. The number of aliphatic imine (C=N–C) groups is 1. The first-order valence-electron chi connectivity index (χ1n) is 7.64. The molecule has 0 aromatic heterocycles. The Bertz CT molecular complexity index is 274. The monoisotopic (exact) mass is 266 g/mol. The van der Waals surface area contributed by atoms with Gasteiger partial charge in [0, 0.05) is 19.6 Å². The molecule has 1 aliphatic rings. The van der Waals surface area contributed by atoms with Gasteiger partial charge in [0.1, 0.15) is 0 Å². The number of guanidine groups is 1. The first-order chi connectivity index (χ1) is 9.30. The number of nitrogens with zero attached hydrogens (tertiary/aromatic N) is 2. The smallest absolute Gasteiger partial charge is 0.191 e. The van der Waals surface area contributed by atoms with Crippen molar-refractivity contribution in [2.45, 2.75) is 45.6 Å². The zero-order valence-electron chi connectivity index (χ0n) is 12.8. The predicted octanol–water partition coefficient (Wildman–Crippen LogP) is 1.99. The molecule has 4 nitrogen and oxygen atoms in total. The van der Waals surface area contributed by atoms with Gasteiger partial charge >= 0.3 is 0 Å². The fourth-order valence-corrected chi connectivity index (χ4v) is 2.33. The molecular formula is C15H30N4. The van der Waals surface area contributed by atoms with Crippen LogP contribution in [0.25, 0.3) is 0 Å². The van der Waals surface area contributed by atoms with Crippen LogP contribution in [0.15, 0.2) is 17.1 Å². The van der Waals surface area contributed by atoms with Crippen LogP contribution in [-0.4, -0.2) is 50.1 Å². The van der Waals surface area contributed by atoms with E-state index in [0.717, 1.165) is 38.4 Å². The van der Waals surface area contributed by atoms with Crippen molar-refractivity contribution in [1.82, 2.24) is 15.5 Å². The van der Waals surface area contributed by atoms with E-state index in [9.17, 15) is 0 Å². The fourth-order valence-electron chi connectivity index (χ4n) is 2.33. The van der Waals surface area contributed by atoms with Crippen molar-refractivity contribution in [1.29, 1.82) is 0 Å². The summed E-state index contributed by atoms with van der Waals surface area (Å²) >= 11 is 0. The van der Waals surface area contributed by atoms with Crippen LogP contribution in [0.4, 0.5) is 0 Å². The molecule has 0 aromatic carbocycles. The number of hydrogen-bond acceptors (Lipinski definition) is 2. The molecule has 0 aromatic rings. The van der Waals surface area contributed by atoms with Gasteiger partial charge in [-0.2, -0.15) is 0 Å². The van der Waals surface area contributed by atoms with Crippen molar-refractivity contribution in [2.24, 2.45) is 4.99 Å². The van der Waals surface area contributed by atoms with Gasteiger partial charge in [-0.15, -0.1) is 0 Å². The zero-order valence-corrected chi connectivity index (χ0v) is 12.8. The van der Waals surface area contributed by atoms with Gasteiger partial charge in [-0.3, -0.25) is 4.99 Å². The van der Waals surface area contributed by atoms with Gasteiger partial charge < -0.3 is 15.5 Å². The Balaban J connectivity index is 2.06. The number of rotatable bonds is 8. The van der Waals surface area contributed by atoms with E-state index in [1.165, 1.54) is 19.4 Å². The molecule has 0 heterocycles. The lowest BCUT2D eigenvalue weighted by atomic mass is 10.2. The number of unbranched alkanes of at least 4 members (excludes halogenated alkanes) is 1. The Morgan fingerprint density at radius 1 is 1.21 bits per heavy atom. The van der Waals surface area contributed by atoms with Crippen molar-refractivity contribution in [3.8, 4) is 0 Å². The highest BCUT2D eigenvalue weighted by atomic mass is 15.2. The molecule has 0 unspecified atom stereocenters. The van der Waals surface area contributed by atoms with E-state index < -0.39 is 0 Å². The summed E-state index contributed by atoms with van der Waals surface area (Å²) < 4.78 is 0. The second kappa shape index (κ2) is 9.84. The molecule has 0 bridgehead atoms. The lowest BCUT2D eigenvalue weighted by Crippen LogP contribution is -2.42. The molecule has 4 heteroatoms. The van der Waals surface area contributed by atoms with Crippen molar-refractivity contribution < 1.29 is 0 Å². The van der Waals surface area contributed by atoms with Gasteiger partial charge in [0.2, 0.25) is 0 Å². The van der Waals surface area contributed by atoms with Crippen molar-refractivity contribution in [2.75, 3.05) is 33.2 Å². The minimum absolute atomic E-state index is 0.530. The maximum Gasteiger partial charge on any atom is 0.191 e. The Morgan fingerprint density at radius 3 is 2.47 bits per heavy atom. The van der Waals surface area contributed by atoms with Crippen LogP contribution in [0.2, 0.25) is 0 Å². The van der Waals surface area contributed by atoms with Crippen LogP contribution in [0.1, 0.15) is 39.5 Å². The lowest BCUT2D eigenvalue weighted by molar-refractivity contribution is 0.297. The predicted molar refractivity (Wildman–Crippen MR) is 83.7 cm³/mol. The van der Waals surface area contributed by atoms with E-state index in [0.29, 0.717) is 6.04 Å². The molecule has 1 aliphatic carbocycles. The number of hydrogen-bond donors (Lipinski definition) is 2. The maximum absolute atomic E-state index is 4.27. The second-order valence-electron chi connectivity index (χ2n) is 5.02. The highest BCUT2D eigenvalue weighted by molar-refractivity contribution is 5.80. The molecule has 0 fully saturated rings. The van der Waals surface area contributed by atoms with Crippen molar-refractivity contribution in [3.05, 3.63) is 12.2 Å². The van der Waals surface area contributed by atoms with Gasteiger partial charge in [-0.25, -0.2) is 0 Å². The molecule has 19 heavy (non-hydrogen) atoms. The summed E-state index contributed by atoms with van der Waals surface area (Å²) in [7, 11) is 1.84. The third kappa shape index (κ3) is 6.62. The first kappa shape index (κ1) is 16.0. The third-order valence-electron chi connectivity index (χ3n) is 3.66. The molecule has 0 spiro atoms. The molecule has 0 radical (unpaired) electrons.